The topological polar surface area (TPSA) is 63.6 Å². The van der Waals surface area contributed by atoms with Gasteiger partial charge >= 0.3 is 5.97 Å². The number of benzene rings is 2. The van der Waals surface area contributed by atoms with Crippen LogP contribution in [0.2, 0.25) is 10.0 Å². The molecule has 4 nitrogen and oxygen atoms in total. The number of esters is 1. The predicted molar refractivity (Wildman–Crippen MR) is 88.5 cm³/mol. The third kappa shape index (κ3) is 3.84. The van der Waals surface area contributed by atoms with E-state index in [4.69, 9.17) is 27.9 Å². The van der Waals surface area contributed by atoms with Gasteiger partial charge in [0.25, 0.3) is 0 Å². The fraction of sp³-hybridized carbons (Fsp3) is 0.176. The molecule has 0 atom stereocenters. The van der Waals surface area contributed by atoms with E-state index in [0.29, 0.717) is 6.42 Å². The molecule has 0 aliphatic carbocycles. The molecule has 2 rings (SSSR count). The van der Waals surface area contributed by atoms with E-state index >= 15 is 0 Å². The molecule has 0 fully saturated rings. The van der Waals surface area contributed by atoms with Gasteiger partial charge in [0.05, 0.1) is 10.6 Å². The predicted octanol–water partition coefficient (Wildman–Crippen LogP) is 4.64. The van der Waals surface area contributed by atoms with E-state index in [-0.39, 0.29) is 39.1 Å². The zero-order valence-electron chi connectivity index (χ0n) is 12.3. The van der Waals surface area contributed by atoms with Crippen LogP contribution < -0.4 is 4.74 Å². The maximum Gasteiger partial charge on any atom is 0.311 e. The summed E-state index contributed by atoms with van der Waals surface area (Å²) < 4.78 is 5.11. The van der Waals surface area contributed by atoms with Crippen molar-refractivity contribution in [3.05, 3.63) is 57.6 Å². The molecule has 0 saturated heterocycles. The minimum atomic E-state index is -0.471. The smallest absolute Gasteiger partial charge is 0.311 e. The normalized spacial score (nSPS) is 10.4. The van der Waals surface area contributed by atoms with Gasteiger partial charge < -0.3 is 9.84 Å². The van der Waals surface area contributed by atoms with Crippen LogP contribution in [-0.2, 0) is 4.79 Å². The molecule has 0 heterocycles. The number of carbonyl (C=O) groups is 2. The first-order valence-electron chi connectivity index (χ1n) is 6.97. The van der Waals surface area contributed by atoms with Crippen LogP contribution in [0.25, 0.3) is 0 Å². The first kappa shape index (κ1) is 17.3. The molecule has 0 bridgehead atoms. The van der Waals surface area contributed by atoms with E-state index in [9.17, 15) is 14.7 Å². The summed E-state index contributed by atoms with van der Waals surface area (Å²) in [4.78, 5) is 24.0. The minimum Gasteiger partial charge on any atom is -0.507 e. The molecule has 0 spiro atoms. The average Bonchev–Trinajstić information content (AvgIpc) is 2.52. The van der Waals surface area contributed by atoms with Crippen LogP contribution in [0.4, 0.5) is 0 Å². The highest BCUT2D eigenvalue weighted by atomic mass is 35.5. The second kappa shape index (κ2) is 7.49. The Balaban J connectivity index is 2.35. The second-order valence-electron chi connectivity index (χ2n) is 4.81. The number of phenolic OH excluding ortho intramolecular Hbond substituents is 1. The Labute approximate surface area is 143 Å². The zero-order chi connectivity index (χ0) is 17.0. The minimum absolute atomic E-state index is 0.0163. The first-order valence-corrected chi connectivity index (χ1v) is 7.72. The number of para-hydroxylation sites is 1. The lowest BCUT2D eigenvalue weighted by Crippen LogP contribution is -2.08. The Hall–Kier alpha value is -2.04. The SMILES string of the molecule is CCCC(=O)Oc1ccc(C(=O)c2ccccc2O)c(Cl)c1Cl. The Morgan fingerprint density at radius 3 is 2.39 bits per heavy atom. The van der Waals surface area contributed by atoms with E-state index in [2.05, 4.69) is 0 Å². The number of carbonyl (C=O) groups excluding carboxylic acids is 2. The van der Waals surface area contributed by atoms with E-state index < -0.39 is 11.8 Å². The maximum atomic E-state index is 12.5. The lowest BCUT2D eigenvalue weighted by atomic mass is 10.0. The molecule has 0 amide bonds. The number of hydrogen-bond acceptors (Lipinski definition) is 4. The van der Waals surface area contributed by atoms with Crippen LogP contribution in [0.3, 0.4) is 0 Å². The number of rotatable bonds is 5. The summed E-state index contributed by atoms with van der Waals surface area (Å²) in [5.74, 6) is -0.946. The molecule has 120 valence electrons. The molecule has 0 unspecified atom stereocenters. The summed E-state index contributed by atoms with van der Waals surface area (Å²) in [6.45, 7) is 1.85. The number of ketones is 1. The molecular weight excluding hydrogens is 339 g/mol. The quantitative estimate of drug-likeness (QED) is 0.483. The van der Waals surface area contributed by atoms with Crippen molar-refractivity contribution in [1.29, 1.82) is 0 Å². The number of ether oxygens (including phenoxy) is 1. The zero-order valence-corrected chi connectivity index (χ0v) is 13.8. The van der Waals surface area contributed by atoms with Gasteiger partial charge in [0.2, 0.25) is 0 Å². The fourth-order valence-corrected chi connectivity index (χ4v) is 2.42. The van der Waals surface area contributed by atoms with Crippen LogP contribution in [0.5, 0.6) is 11.5 Å². The van der Waals surface area contributed by atoms with Gasteiger partial charge in [-0.2, -0.15) is 0 Å². The van der Waals surface area contributed by atoms with Gasteiger partial charge in [0.1, 0.15) is 10.8 Å². The van der Waals surface area contributed by atoms with Crippen LogP contribution in [0, 0.1) is 0 Å². The molecule has 2 aromatic carbocycles. The largest absolute Gasteiger partial charge is 0.507 e. The molecule has 0 aliphatic rings. The van der Waals surface area contributed by atoms with Gasteiger partial charge in [-0.3, -0.25) is 9.59 Å². The molecule has 0 radical (unpaired) electrons. The van der Waals surface area contributed by atoms with Crippen molar-refractivity contribution in [2.45, 2.75) is 19.8 Å². The molecule has 6 heteroatoms. The van der Waals surface area contributed by atoms with E-state index in [1.165, 1.54) is 24.3 Å². The average molecular weight is 353 g/mol. The molecule has 1 N–H and O–H groups in total. The first-order chi connectivity index (χ1) is 11.0. The third-order valence-electron chi connectivity index (χ3n) is 3.12. The Kier molecular flexibility index (Phi) is 5.64. The lowest BCUT2D eigenvalue weighted by Gasteiger charge is -2.11. The van der Waals surface area contributed by atoms with Crippen molar-refractivity contribution < 1.29 is 19.4 Å². The van der Waals surface area contributed by atoms with Crippen molar-refractivity contribution in [2.24, 2.45) is 0 Å². The van der Waals surface area contributed by atoms with Crippen LogP contribution >= 0.6 is 23.2 Å². The molecule has 0 saturated carbocycles. The number of hydrogen-bond donors (Lipinski definition) is 1. The lowest BCUT2D eigenvalue weighted by molar-refractivity contribution is -0.134. The molecule has 0 aliphatic heterocycles. The van der Waals surface area contributed by atoms with Crippen molar-refractivity contribution in [2.75, 3.05) is 0 Å². The monoisotopic (exact) mass is 352 g/mol. The van der Waals surface area contributed by atoms with Crippen molar-refractivity contribution in [1.82, 2.24) is 0 Å². The summed E-state index contributed by atoms with van der Waals surface area (Å²) in [5.41, 5.74) is 0.231. The second-order valence-corrected chi connectivity index (χ2v) is 5.57. The standard InChI is InChI=1S/C17H14Cl2O4/c1-2-5-14(21)23-13-9-8-11(15(18)16(13)19)17(22)10-6-3-4-7-12(10)20/h3-4,6-9,20H,2,5H2,1H3. The van der Waals surface area contributed by atoms with Gasteiger partial charge in [0.15, 0.2) is 11.5 Å². The summed E-state index contributed by atoms with van der Waals surface area (Å²) in [7, 11) is 0. The van der Waals surface area contributed by atoms with Gasteiger partial charge in [-0.15, -0.1) is 0 Å². The van der Waals surface area contributed by atoms with E-state index in [1.54, 1.807) is 12.1 Å². The van der Waals surface area contributed by atoms with Gasteiger partial charge in [-0.1, -0.05) is 42.3 Å². The molecule has 0 aromatic heterocycles. The van der Waals surface area contributed by atoms with Crippen LogP contribution in [0.1, 0.15) is 35.7 Å². The highest BCUT2D eigenvalue weighted by molar-refractivity contribution is 6.45. The van der Waals surface area contributed by atoms with Crippen LogP contribution in [0.15, 0.2) is 36.4 Å². The van der Waals surface area contributed by atoms with Crippen molar-refractivity contribution >= 4 is 35.0 Å². The molecular formula is C17H14Cl2O4. The third-order valence-corrected chi connectivity index (χ3v) is 3.98. The Morgan fingerprint density at radius 2 is 1.74 bits per heavy atom. The Morgan fingerprint density at radius 1 is 1.04 bits per heavy atom. The summed E-state index contributed by atoms with van der Waals surface area (Å²) >= 11 is 12.2. The Bertz CT molecular complexity index is 756. The van der Waals surface area contributed by atoms with E-state index in [0.717, 1.165) is 0 Å². The fourth-order valence-electron chi connectivity index (χ4n) is 1.97. The van der Waals surface area contributed by atoms with E-state index in [1.807, 2.05) is 6.92 Å². The number of halogens is 2. The summed E-state index contributed by atoms with van der Waals surface area (Å²) in [5, 5.41) is 9.73. The highest BCUT2D eigenvalue weighted by Gasteiger charge is 2.20. The molecule has 23 heavy (non-hydrogen) atoms. The van der Waals surface area contributed by atoms with Crippen molar-refractivity contribution in [3.63, 3.8) is 0 Å². The summed E-state index contributed by atoms with van der Waals surface area (Å²) in [6, 6.07) is 8.95. The summed E-state index contributed by atoms with van der Waals surface area (Å²) in [6.07, 6.45) is 0.903. The van der Waals surface area contributed by atoms with Gasteiger partial charge in [-0.05, 0) is 30.7 Å². The maximum absolute atomic E-state index is 12.5. The van der Waals surface area contributed by atoms with Crippen molar-refractivity contribution in [3.8, 4) is 11.5 Å². The van der Waals surface area contributed by atoms with Gasteiger partial charge in [-0.25, -0.2) is 0 Å². The highest BCUT2D eigenvalue weighted by Crippen LogP contribution is 2.36. The van der Waals surface area contributed by atoms with Crippen LogP contribution in [-0.4, -0.2) is 16.9 Å². The number of phenols is 1. The molecule has 2 aromatic rings. The number of aromatic hydroxyl groups is 1. The van der Waals surface area contributed by atoms with Gasteiger partial charge in [0, 0.05) is 12.0 Å².